The first-order chi connectivity index (χ1) is 63.9. The summed E-state index contributed by atoms with van der Waals surface area (Å²) in [6.07, 6.45) is 1.74. The van der Waals surface area contributed by atoms with Crippen molar-refractivity contribution in [1.29, 1.82) is 0 Å². The molecule has 0 unspecified atom stereocenters. The van der Waals surface area contributed by atoms with Gasteiger partial charge in [-0.15, -0.1) is 0 Å². The zero-order chi connectivity index (χ0) is 89.7. The van der Waals surface area contributed by atoms with Gasteiger partial charge in [0.25, 0.3) is 0 Å². The molecule has 0 fully saturated rings. The molecule has 654 valence electrons. The van der Waals surface area contributed by atoms with Crippen molar-refractivity contribution < 1.29 is 30.5 Å². The first-order valence-corrected chi connectivity index (χ1v) is 49.6. The van der Waals surface area contributed by atoms with Gasteiger partial charge in [-0.1, -0.05) is 496 Å². The Hall–Kier alpha value is -11.6. The van der Waals surface area contributed by atoms with Gasteiger partial charge in [0.15, 0.2) is 0 Å². The van der Waals surface area contributed by atoms with E-state index in [2.05, 4.69) is 442 Å². The van der Waals surface area contributed by atoms with Gasteiger partial charge in [0.1, 0.15) is 5.15 Å². The molecular weight excluding hydrogens is 1840 g/mol. The molecule has 6 N–H and O–H groups in total. The predicted octanol–water partition coefficient (Wildman–Crippen LogP) is 20.0. The van der Waals surface area contributed by atoms with Gasteiger partial charge in [-0.05, 0) is 119 Å². The second-order valence-corrected chi connectivity index (χ2v) is 40.3. The van der Waals surface area contributed by atoms with Crippen molar-refractivity contribution in [1.82, 2.24) is 29.7 Å². The van der Waals surface area contributed by atoms with Gasteiger partial charge in [0, 0.05) is 105 Å². The van der Waals surface area contributed by atoms with E-state index in [4.69, 9.17) is 56.3 Å². The Morgan fingerprint density at radius 1 is 0.267 bits per heavy atom. The average molecular weight is 1940 g/mol. The zero-order valence-corrected chi connectivity index (χ0v) is 79.6. The third-order valence-electron chi connectivity index (χ3n) is 21.2. The Labute approximate surface area is 805 Å². The van der Waals surface area contributed by atoms with E-state index >= 15 is 0 Å². The largest absolute Gasteiger partial charge is 0.489 e. The summed E-state index contributed by atoms with van der Waals surface area (Å²) in [6, 6.07) is 165. The Bertz CT molecular complexity index is 5520. The molecule has 131 heavy (non-hydrogen) atoms. The van der Waals surface area contributed by atoms with Gasteiger partial charge in [0.05, 0.1) is 17.1 Å². The summed E-state index contributed by atoms with van der Waals surface area (Å²) in [5.41, 5.74) is 20.4. The van der Waals surface area contributed by atoms with Crippen molar-refractivity contribution in [2.45, 2.75) is 39.0 Å². The first kappa shape index (κ1) is 97.0. The van der Waals surface area contributed by atoms with Crippen LogP contribution in [0.15, 0.2) is 473 Å². The molecule has 0 atom stereocenters. The second kappa shape index (κ2) is 51.9. The van der Waals surface area contributed by atoms with Gasteiger partial charge >= 0.3 is 7.12 Å². The van der Waals surface area contributed by atoms with Gasteiger partial charge in [-0.25, -0.2) is 19.9 Å². The molecule has 0 spiro atoms. The first-order valence-electron chi connectivity index (χ1n) is 43.1. The van der Waals surface area contributed by atoms with E-state index in [0.717, 1.165) is 85.9 Å². The monoisotopic (exact) mass is 1930 g/mol. The maximum Gasteiger partial charge on any atom is 0.489 e. The zero-order valence-electron chi connectivity index (χ0n) is 72.2. The van der Waals surface area contributed by atoms with Crippen molar-refractivity contribution >= 4 is 155 Å². The standard InChI is InChI=1S/C20H19ClN4.4C18H15P.C14H15ClN4.C6H6BClO2.Pd/c21-17-9-5-4-8-15(17)19-16-13-25(12-14-6-2-1-3-7-14)11-10-18(16)23-20(22)24-19;4*1-4-10-16(11-5-1)19(17-12-6-2-7-13-17)18-14-8-3-9-15-18;15-13-11-9-19(8-10-4-2-1-3-5-10)7-6-12(11)17-14(16)18-13;8-6-4-2-1-3-5(6)7(9)10;/h1-9H,10-13H2,(H2,22,23,24);4*1-15H;1-5H,6-9H2,(H2,16,17,18);1-4,9-10H;. The molecule has 4 heterocycles. The minimum Gasteiger partial charge on any atom is -0.423 e. The number of nitrogen functional groups attached to an aromatic ring is 2. The molecule has 20 rings (SSSR count). The molecule has 18 aromatic rings. The van der Waals surface area contributed by atoms with Crippen LogP contribution in [0, 0.1) is 0 Å². The van der Waals surface area contributed by atoms with E-state index in [-0.39, 0.29) is 26.4 Å². The molecule has 2 aliphatic heterocycles. The molecule has 0 bridgehead atoms. The van der Waals surface area contributed by atoms with Crippen LogP contribution in [-0.4, -0.2) is 60.0 Å². The number of fused-ring (bicyclic) bond motifs is 2. The van der Waals surface area contributed by atoms with E-state index < -0.39 is 38.8 Å². The third-order valence-corrected chi connectivity index (χ3v) is 32.0. The number of hydrogen-bond donors (Lipinski definition) is 4. The molecular formula is C112H100BCl3N8O2P4Pd. The molecule has 0 aliphatic carbocycles. The van der Waals surface area contributed by atoms with Crippen LogP contribution >= 0.6 is 66.5 Å². The van der Waals surface area contributed by atoms with E-state index in [1.54, 1.807) is 24.3 Å². The van der Waals surface area contributed by atoms with Gasteiger partial charge in [0.2, 0.25) is 11.9 Å². The fraction of sp³-hybridized carbons (Fsp3) is 0.0714. The van der Waals surface area contributed by atoms with Crippen LogP contribution in [0.4, 0.5) is 11.9 Å². The fourth-order valence-corrected chi connectivity index (χ4v) is 25.1. The molecule has 0 saturated carbocycles. The van der Waals surface area contributed by atoms with Gasteiger partial charge in [-0.3, -0.25) is 9.80 Å². The number of rotatable bonds is 18. The maximum atomic E-state index is 8.68. The number of nitrogens with zero attached hydrogens (tertiary/aromatic N) is 6. The molecule has 19 heteroatoms. The Morgan fingerprint density at radius 3 is 0.740 bits per heavy atom. The van der Waals surface area contributed by atoms with Crippen molar-refractivity contribution in [2.75, 3.05) is 24.6 Å². The number of anilines is 2. The van der Waals surface area contributed by atoms with E-state index in [9.17, 15) is 0 Å². The molecule has 0 amide bonds. The Morgan fingerprint density at radius 2 is 0.489 bits per heavy atom. The SMILES string of the molecule is Nc1nc(Cl)c2c(n1)CCN(Cc1ccccc1)C2.Nc1nc2c(c(-c3ccccc3Cl)n1)CN(Cc1ccccc1)CC2.OB(O)c1ccccc1Cl.[Pd].c1ccc(P(c2ccccc2)c2ccccc2)cc1.c1ccc(P(c2ccccc2)c2ccccc2)cc1.c1ccc(P(c2ccccc2)c2ccccc2)cc1.c1ccc(P(c2ccccc2)c2ccccc2)cc1. The summed E-state index contributed by atoms with van der Waals surface area (Å²) in [6.45, 7) is 5.33. The normalized spacial score (nSPS) is 11.8. The van der Waals surface area contributed by atoms with Gasteiger partial charge < -0.3 is 21.5 Å². The van der Waals surface area contributed by atoms with E-state index in [1.165, 1.54) is 74.8 Å². The van der Waals surface area contributed by atoms with Crippen LogP contribution < -0.4 is 80.6 Å². The number of hydrogen-bond acceptors (Lipinski definition) is 10. The van der Waals surface area contributed by atoms with E-state index in [1.807, 2.05) is 36.4 Å². The van der Waals surface area contributed by atoms with Crippen LogP contribution in [0.3, 0.4) is 0 Å². The minimum atomic E-state index is -1.48. The molecule has 2 aromatic heterocycles. The molecule has 0 saturated heterocycles. The summed E-state index contributed by atoms with van der Waals surface area (Å²) in [5.74, 6) is 0.574. The Kier molecular flexibility index (Phi) is 38.4. The summed E-state index contributed by atoms with van der Waals surface area (Å²) >= 11 is 18.2. The number of nitrogens with two attached hydrogens (primary N) is 2. The fourth-order valence-electron chi connectivity index (χ4n) is 15.2. The van der Waals surface area contributed by atoms with Crippen LogP contribution in [0.5, 0.6) is 0 Å². The third kappa shape index (κ3) is 28.7. The van der Waals surface area contributed by atoms with Crippen LogP contribution in [0.1, 0.15) is 33.6 Å². The van der Waals surface area contributed by atoms with Crippen molar-refractivity contribution in [3.8, 4) is 11.3 Å². The summed E-state index contributed by atoms with van der Waals surface area (Å²) in [4.78, 5) is 22.1. The van der Waals surface area contributed by atoms with E-state index in [0.29, 0.717) is 26.6 Å². The number of benzene rings is 16. The number of aromatic nitrogens is 4. The smallest absolute Gasteiger partial charge is 0.423 e. The maximum absolute atomic E-state index is 8.68. The molecule has 2 aliphatic rings. The van der Waals surface area contributed by atoms with Crippen molar-refractivity contribution in [3.05, 3.63) is 522 Å². The second-order valence-electron chi connectivity index (χ2n) is 30.3. The topological polar surface area (TPSA) is 151 Å². The van der Waals surface area contributed by atoms with Gasteiger partial charge in [-0.2, -0.15) is 0 Å². The predicted molar refractivity (Wildman–Crippen MR) is 559 cm³/mol. The Balaban J connectivity index is 0.000000131. The van der Waals surface area contributed by atoms with Crippen molar-refractivity contribution in [3.63, 3.8) is 0 Å². The number of halogens is 3. The van der Waals surface area contributed by atoms with Crippen molar-refractivity contribution in [2.24, 2.45) is 0 Å². The molecule has 10 nitrogen and oxygen atoms in total. The van der Waals surface area contributed by atoms with Crippen LogP contribution in [0.2, 0.25) is 15.2 Å². The average Bonchev–Trinajstić information content (AvgIpc) is 0.777. The van der Waals surface area contributed by atoms with Crippen LogP contribution in [0.25, 0.3) is 11.3 Å². The minimum absolute atomic E-state index is 0. The summed E-state index contributed by atoms with van der Waals surface area (Å²) in [7, 11) is -3.26. The quantitative estimate of drug-likeness (QED) is 0.0371. The molecule has 0 radical (unpaired) electrons. The summed E-state index contributed by atoms with van der Waals surface area (Å²) < 4.78 is 0. The molecule has 16 aromatic carbocycles. The van der Waals surface area contributed by atoms with Crippen LogP contribution in [-0.2, 0) is 59.4 Å². The summed E-state index contributed by atoms with van der Waals surface area (Å²) in [5, 5.41) is 35.7.